The molecule has 0 radical (unpaired) electrons. The topological polar surface area (TPSA) is 87.7 Å². The normalized spacial score (nSPS) is 12.8. The summed E-state index contributed by atoms with van der Waals surface area (Å²) in [5.41, 5.74) is 1.73. The molecule has 2 atom stereocenters. The number of anilines is 1. The Bertz CT molecular complexity index is 1370. The Kier molecular flexibility index (Phi) is 13.6. The summed E-state index contributed by atoms with van der Waals surface area (Å²) >= 11 is 1.60. The molecule has 0 aliphatic rings. The molecule has 238 valence electrons. The van der Waals surface area contributed by atoms with E-state index in [1.807, 2.05) is 79.9 Å². The quantitative estimate of drug-likeness (QED) is 0.167. The lowest BCUT2D eigenvalue weighted by molar-refractivity contribution is -0.141. The summed E-state index contributed by atoms with van der Waals surface area (Å²) in [5.74, 6) is 0.0706. The van der Waals surface area contributed by atoms with Crippen LogP contribution in [0.3, 0.4) is 0 Å². The van der Waals surface area contributed by atoms with Gasteiger partial charge in [-0.05, 0) is 81.0 Å². The molecule has 0 aliphatic carbocycles. The third-order valence-corrected chi connectivity index (χ3v) is 8.00. The van der Waals surface area contributed by atoms with Crippen LogP contribution in [0.5, 0.6) is 0 Å². The Labute approximate surface area is 267 Å². The molecule has 3 rings (SSSR count). The molecule has 0 heterocycles. The molecule has 0 bridgehead atoms. The Balaban J connectivity index is 2.00. The van der Waals surface area contributed by atoms with E-state index in [-0.39, 0.29) is 11.8 Å². The lowest BCUT2D eigenvalue weighted by Gasteiger charge is -2.34. The smallest absolute Gasteiger partial charge is 0.408 e. The van der Waals surface area contributed by atoms with Gasteiger partial charge in [0.1, 0.15) is 17.7 Å². The van der Waals surface area contributed by atoms with Crippen LogP contribution in [-0.2, 0) is 14.3 Å². The van der Waals surface area contributed by atoms with Gasteiger partial charge in [-0.3, -0.25) is 9.59 Å². The molecular weight excluding hydrogens is 570 g/mol. The van der Waals surface area contributed by atoms with Gasteiger partial charge in [-0.1, -0.05) is 92.8 Å². The molecule has 8 heteroatoms. The van der Waals surface area contributed by atoms with Crippen LogP contribution in [-0.4, -0.2) is 53.0 Å². The number of ether oxygens (including phenoxy) is 1. The first-order valence-electron chi connectivity index (χ1n) is 15.7. The number of aryl methyl sites for hydroxylation is 1. The van der Waals surface area contributed by atoms with Crippen molar-refractivity contribution in [3.63, 3.8) is 0 Å². The number of unbranched alkanes of at least 4 members (excludes halogenated alkanes) is 4. The van der Waals surface area contributed by atoms with Crippen LogP contribution >= 0.6 is 11.8 Å². The van der Waals surface area contributed by atoms with Crippen molar-refractivity contribution in [1.29, 1.82) is 0 Å². The molecular formula is C36H49N3O4S. The fraction of sp³-hybridized carbons (Fsp3) is 0.472. The molecule has 3 aromatic carbocycles. The van der Waals surface area contributed by atoms with Crippen LogP contribution in [0.25, 0.3) is 10.8 Å². The van der Waals surface area contributed by atoms with E-state index >= 15 is 0 Å². The first kappa shape index (κ1) is 35.0. The maximum atomic E-state index is 14.5. The number of nitrogens with one attached hydrogen (secondary N) is 2. The van der Waals surface area contributed by atoms with Crippen LogP contribution in [0.1, 0.15) is 83.4 Å². The summed E-state index contributed by atoms with van der Waals surface area (Å²) in [5, 5.41) is 8.02. The summed E-state index contributed by atoms with van der Waals surface area (Å²) in [7, 11) is 0. The van der Waals surface area contributed by atoms with E-state index in [0.29, 0.717) is 24.4 Å². The third-order valence-electron chi connectivity index (χ3n) is 7.36. The molecule has 2 unspecified atom stereocenters. The van der Waals surface area contributed by atoms with Gasteiger partial charge < -0.3 is 20.3 Å². The van der Waals surface area contributed by atoms with Crippen LogP contribution in [0, 0.1) is 6.92 Å². The first-order valence-corrected chi connectivity index (χ1v) is 17.1. The summed E-state index contributed by atoms with van der Waals surface area (Å²) in [6.45, 7) is 9.92. The zero-order valence-corrected chi connectivity index (χ0v) is 28.0. The second kappa shape index (κ2) is 17.1. The van der Waals surface area contributed by atoms with Crippen molar-refractivity contribution >= 4 is 46.1 Å². The maximum Gasteiger partial charge on any atom is 0.408 e. The zero-order valence-electron chi connectivity index (χ0n) is 27.2. The van der Waals surface area contributed by atoms with Gasteiger partial charge in [0.25, 0.3) is 5.91 Å². The minimum atomic E-state index is -0.891. The molecule has 0 saturated carbocycles. The number of rotatable bonds is 15. The Hall–Kier alpha value is -3.52. The molecule has 0 aliphatic heterocycles. The Morgan fingerprint density at radius 3 is 2.25 bits per heavy atom. The average molecular weight is 620 g/mol. The Morgan fingerprint density at radius 1 is 0.909 bits per heavy atom. The van der Waals surface area contributed by atoms with Crippen molar-refractivity contribution in [2.75, 3.05) is 23.9 Å². The van der Waals surface area contributed by atoms with E-state index in [4.69, 9.17) is 4.74 Å². The van der Waals surface area contributed by atoms with Gasteiger partial charge in [0.05, 0.1) is 0 Å². The Morgan fingerprint density at radius 2 is 1.59 bits per heavy atom. The maximum absolute atomic E-state index is 14.5. The summed E-state index contributed by atoms with van der Waals surface area (Å²) in [6.07, 6.45) is 6.72. The predicted octanol–water partition coefficient (Wildman–Crippen LogP) is 8.27. The number of carbonyl (C=O) groups excluding carboxylic acids is 3. The minimum absolute atomic E-state index is 0.292. The number of alkyl carbamates (subject to hydrolysis) is 1. The largest absolute Gasteiger partial charge is 0.444 e. The van der Waals surface area contributed by atoms with E-state index in [0.717, 1.165) is 54.0 Å². The van der Waals surface area contributed by atoms with Crippen LogP contribution in [0.15, 0.2) is 66.7 Å². The van der Waals surface area contributed by atoms with Crippen molar-refractivity contribution in [2.45, 2.75) is 90.8 Å². The molecule has 7 nitrogen and oxygen atoms in total. The van der Waals surface area contributed by atoms with Gasteiger partial charge in [0, 0.05) is 12.2 Å². The van der Waals surface area contributed by atoms with E-state index in [2.05, 4.69) is 17.6 Å². The molecule has 2 N–H and O–H groups in total. The van der Waals surface area contributed by atoms with Gasteiger partial charge in [0.2, 0.25) is 5.91 Å². The lowest BCUT2D eigenvalue weighted by Crippen LogP contribution is -2.52. The standard InChI is InChI=1S/C36H49N3O4S/c1-7-8-9-10-13-23-39(34(41)31(22-24-44-6)38-35(42)43-36(3,4)5)32(28-18-16-26(2)17-19-28)33(40)37-30-21-20-27-14-11-12-15-29(27)25-30/h11-12,14-21,25,31-32H,7-10,13,22-24H2,1-6H3,(H,37,40)(H,38,42). The highest BCUT2D eigenvalue weighted by atomic mass is 32.2. The average Bonchev–Trinajstić information content (AvgIpc) is 2.98. The molecule has 0 saturated heterocycles. The van der Waals surface area contributed by atoms with Crippen molar-refractivity contribution in [3.05, 3.63) is 77.9 Å². The molecule has 3 aromatic rings. The number of hydrogen-bond acceptors (Lipinski definition) is 5. The lowest BCUT2D eigenvalue weighted by atomic mass is 10.00. The number of thioether (sulfide) groups is 1. The number of benzene rings is 3. The van der Waals surface area contributed by atoms with E-state index in [9.17, 15) is 14.4 Å². The highest BCUT2D eigenvalue weighted by Crippen LogP contribution is 2.27. The van der Waals surface area contributed by atoms with Crippen molar-refractivity contribution in [2.24, 2.45) is 0 Å². The summed E-state index contributed by atoms with van der Waals surface area (Å²) < 4.78 is 5.52. The number of amides is 3. The molecule has 0 spiro atoms. The minimum Gasteiger partial charge on any atom is -0.444 e. The third kappa shape index (κ3) is 10.9. The monoisotopic (exact) mass is 619 g/mol. The molecule has 44 heavy (non-hydrogen) atoms. The van der Waals surface area contributed by atoms with Gasteiger partial charge in [-0.15, -0.1) is 0 Å². The number of nitrogens with zero attached hydrogens (tertiary/aromatic N) is 1. The van der Waals surface area contributed by atoms with Crippen LogP contribution in [0.2, 0.25) is 0 Å². The second-order valence-electron chi connectivity index (χ2n) is 12.3. The molecule has 3 amide bonds. The summed E-state index contributed by atoms with van der Waals surface area (Å²) in [6, 6.07) is 19.8. The predicted molar refractivity (Wildman–Crippen MR) is 183 cm³/mol. The van der Waals surface area contributed by atoms with E-state index in [1.165, 1.54) is 0 Å². The number of fused-ring (bicyclic) bond motifs is 1. The fourth-order valence-corrected chi connectivity index (χ4v) is 5.57. The van der Waals surface area contributed by atoms with Gasteiger partial charge >= 0.3 is 6.09 Å². The van der Waals surface area contributed by atoms with Gasteiger partial charge in [0.15, 0.2) is 0 Å². The van der Waals surface area contributed by atoms with E-state index in [1.54, 1.807) is 37.4 Å². The second-order valence-corrected chi connectivity index (χ2v) is 13.3. The number of carbonyl (C=O) groups is 3. The van der Waals surface area contributed by atoms with Crippen LogP contribution < -0.4 is 10.6 Å². The molecule has 0 fully saturated rings. The van der Waals surface area contributed by atoms with Crippen LogP contribution in [0.4, 0.5) is 10.5 Å². The molecule has 0 aromatic heterocycles. The fourth-order valence-electron chi connectivity index (χ4n) is 5.09. The van der Waals surface area contributed by atoms with Gasteiger partial charge in [-0.25, -0.2) is 4.79 Å². The SMILES string of the molecule is CCCCCCCN(C(=O)C(CCSC)NC(=O)OC(C)(C)C)C(C(=O)Nc1ccc2ccccc2c1)c1ccc(C)cc1. The number of hydrogen-bond donors (Lipinski definition) is 2. The van der Waals surface area contributed by atoms with Crippen molar-refractivity contribution in [3.8, 4) is 0 Å². The first-order chi connectivity index (χ1) is 21.0. The van der Waals surface area contributed by atoms with Gasteiger partial charge in [-0.2, -0.15) is 11.8 Å². The highest BCUT2D eigenvalue weighted by molar-refractivity contribution is 7.98. The van der Waals surface area contributed by atoms with Crippen molar-refractivity contribution < 1.29 is 19.1 Å². The highest BCUT2D eigenvalue weighted by Gasteiger charge is 2.36. The zero-order chi connectivity index (χ0) is 32.1. The van der Waals surface area contributed by atoms with Crippen molar-refractivity contribution in [1.82, 2.24) is 10.2 Å². The summed E-state index contributed by atoms with van der Waals surface area (Å²) in [4.78, 5) is 43.2. The van der Waals surface area contributed by atoms with E-state index < -0.39 is 23.8 Å².